The van der Waals surface area contributed by atoms with Gasteiger partial charge in [0.15, 0.2) is 6.29 Å². The molecule has 8 N–H and O–H groups in total. The highest BCUT2D eigenvalue weighted by Gasteiger charge is 2.69. The topological polar surface area (TPSA) is 216 Å². The quantitative estimate of drug-likeness (QED) is 0.143. The van der Waals surface area contributed by atoms with Gasteiger partial charge in [0, 0.05) is 5.41 Å². The number of hydrogen-bond acceptors (Lipinski definition) is 13. The number of ether oxygens (including phenoxy) is 4. The molecule has 18 atom stereocenters. The van der Waals surface area contributed by atoms with E-state index in [1.165, 1.54) is 5.57 Å². The van der Waals surface area contributed by atoms with Crippen LogP contribution in [0, 0.1) is 44.8 Å². The summed E-state index contributed by atoms with van der Waals surface area (Å²) in [5.41, 5.74) is 1.12. The standard InChI is InChI=1S/C41H64O13/c1-20-9-14-41(36(50)54-35-33(49)31(47)30(46)24(17-42)52-35)16-15-39(5)22(28(41)21(20)2)7-8-26-37(3)12-11-27(53-34-32(48)29(45)23(44)18-51-34)38(4,19-43)25(37)10-13-40(26,39)6/h7,20,23-27,29-35,42-49H,8-19H2,1-6H3/t20-,23-,24-,25-,26-,27+,29+,30-,31+,32-,33-,34+,35+,37-,38+,39-,40-,41+/m1/s1. The van der Waals surface area contributed by atoms with Gasteiger partial charge in [0.2, 0.25) is 6.29 Å². The highest BCUT2D eigenvalue weighted by Crippen LogP contribution is 2.75. The van der Waals surface area contributed by atoms with Crippen molar-refractivity contribution in [3.05, 3.63) is 22.8 Å². The minimum Gasteiger partial charge on any atom is -0.432 e. The minimum atomic E-state index is -1.68. The highest BCUT2D eigenvalue weighted by molar-refractivity contribution is 5.84. The van der Waals surface area contributed by atoms with Gasteiger partial charge in [-0.3, -0.25) is 4.79 Å². The summed E-state index contributed by atoms with van der Waals surface area (Å²) in [5.74, 6) is 0.0682. The fourth-order valence-corrected chi connectivity index (χ4v) is 12.9. The molecule has 2 heterocycles. The molecule has 7 aliphatic rings. The van der Waals surface area contributed by atoms with Crippen molar-refractivity contribution in [2.24, 2.45) is 44.8 Å². The van der Waals surface area contributed by atoms with Gasteiger partial charge >= 0.3 is 5.97 Å². The van der Waals surface area contributed by atoms with E-state index in [2.05, 4.69) is 47.6 Å². The molecule has 0 radical (unpaired) electrons. The number of aliphatic hydroxyl groups is 8. The second-order valence-electron chi connectivity index (χ2n) is 19.0. The summed E-state index contributed by atoms with van der Waals surface area (Å²) in [4.78, 5) is 14.5. The summed E-state index contributed by atoms with van der Waals surface area (Å²) in [7, 11) is 0. The van der Waals surface area contributed by atoms with Crippen molar-refractivity contribution in [2.45, 2.75) is 161 Å². The molecule has 13 heteroatoms. The van der Waals surface area contributed by atoms with E-state index >= 15 is 0 Å². The largest absolute Gasteiger partial charge is 0.432 e. The molecular weight excluding hydrogens is 700 g/mol. The Bertz CT molecular complexity index is 1510. The summed E-state index contributed by atoms with van der Waals surface area (Å²) in [5, 5.41) is 83.4. The Balaban J connectivity index is 1.19. The normalized spacial score (nSPS) is 53.4. The zero-order chi connectivity index (χ0) is 39.3. The molecule has 5 fully saturated rings. The van der Waals surface area contributed by atoms with Crippen molar-refractivity contribution in [1.29, 1.82) is 0 Å². The molecule has 7 rings (SSSR count). The number of hydrogen-bond donors (Lipinski definition) is 8. The highest BCUT2D eigenvalue weighted by atomic mass is 16.7. The van der Waals surface area contributed by atoms with Crippen LogP contribution in [0.5, 0.6) is 0 Å². The Morgan fingerprint density at radius 2 is 1.54 bits per heavy atom. The third-order valence-electron chi connectivity index (χ3n) is 16.7. The van der Waals surface area contributed by atoms with Crippen molar-refractivity contribution < 1.29 is 64.6 Å². The maximum absolute atomic E-state index is 14.5. The van der Waals surface area contributed by atoms with Crippen molar-refractivity contribution in [2.75, 3.05) is 19.8 Å². The van der Waals surface area contributed by atoms with E-state index < -0.39 is 84.8 Å². The number of aliphatic hydroxyl groups excluding tert-OH is 8. The van der Waals surface area contributed by atoms with Crippen LogP contribution in [0.25, 0.3) is 0 Å². The maximum atomic E-state index is 14.5. The van der Waals surface area contributed by atoms with Crippen LogP contribution in [0.2, 0.25) is 0 Å². The molecule has 2 aliphatic heterocycles. The molecule has 3 saturated carbocycles. The second-order valence-corrected chi connectivity index (χ2v) is 19.0. The van der Waals surface area contributed by atoms with E-state index in [1.54, 1.807) is 0 Å². The lowest BCUT2D eigenvalue weighted by Gasteiger charge is -2.70. The first-order valence-electron chi connectivity index (χ1n) is 20.2. The molecule has 0 aromatic rings. The SMILES string of the molecule is CC1=C2C3=CC[C@@H]4[C@]5(C)CC[C@H](O[C@@H]6OC[C@@H](O)[C@H](O)[C@H]6O)[C@@](C)(CO)[C@@H]5CC[C@@]4(C)[C@]3(C)CC[C@@]2(C(=O)O[C@@H]2O[C@H](CO)[C@@H](O)[C@H](O)[C@H]2O)CC[C@H]1C. The van der Waals surface area contributed by atoms with Crippen molar-refractivity contribution in [3.63, 3.8) is 0 Å². The van der Waals surface area contributed by atoms with Gasteiger partial charge in [0.25, 0.3) is 0 Å². The molecular formula is C41H64O13. The van der Waals surface area contributed by atoms with Gasteiger partial charge in [-0.2, -0.15) is 0 Å². The van der Waals surface area contributed by atoms with Crippen LogP contribution in [0.3, 0.4) is 0 Å². The summed E-state index contributed by atoms with van der Waals surface area (Å²) in [6.45, 7) is 12.7. The van der Waals surface area contributed by atoms with Crippen LogP contribution < -0.4 is 0 Å². The summed E-state index contributed by atoms with van der Waals surface area (Å²) in [6.07, 6.45) is -4.17. The number of allylic oxidation sites excluding steroid dienone is 3. The smallest absolute Gasteiger partial charge is 0.318 e. The minimum absolute atomic E-state index is 0.0912. The van der Waals surface area contributed by atoms with Crippen molar-refractivity contribution in [1.82, 2.24) is 0 Å². The zero-order valence-corrected chi connectivity index (χ0v) is 32.7. The van der Waals surface area contributed by atoms with Crippen LogP contribution in [0.1, 0.15) is 99.3 Å². The van der Waals surface area contributed by atoms with Gasteiger partial charge in [-0.1, -0.05) is 46.3 Å². The van der Waals surface area contributed by atoms with Gasteiger partial charge in [0.05, 0.1) is 31.3 Å². The predicted molar refractivity (Wildman–Crippen MR) is 193 cm³/mol. The van der Waals surface area contributed by atoms with Crippen LogP contribution in [-0.2, 0) is 23.7 Å². The van der Waals surface area contributed by atoms with Crippen molar-refractivity contribution >= 4 is 5.97 Å². The Labute approximate surface area is 318 Å². The third-order valence-corrected chi connectivity index (χ3v) is 16.7. The lowest BCUT2D eigenvalue weighted by molar-refractivity contribution is -0.312. The summed E-state index contributed by atoms with van der Waals surface area (Å²) < 4.78 is 23.6. The van der Waals surface area contributed by atoms with E-state index in [4.69, 9.17) is 18.9 Å². The van der Waals surface area contributed by atoms with Crippen LogP contribution >= 0.6 is 0 Å². The Hall–Kier alpha value is -1.49. The van der Waals surface area contributed by atoms with E-state index in [0.29, 0.717) is 19.3 Å². The average Bonchev–Trinajstić information content (AvgIpc) is 3.14. The van der Waals surface area contributed by atoms with Gasteiger partial charge in [0.1, 0.15) is 42.7 Å². The molecule has 0 bridgehead atoms. The number of carbonyl (C=O) groups excluding carboxylic acids is 1. The second kappa shape index (κ2) is 14.1. The Kier molecular flexibility index (Phi) is 10.6. The average molecular weight is 765 g/mol. The van der Waals surface area contributed by atoms with Gasteiger partial charge < -0.3 is 59.8 Å². The number of fused-ring (bicyclic) bond motifs is 7. The maximum Gasteiger partial charge on any atom is 0.318 e. The first-order valence-corrected chi connectivity index (χ1v) is 20.2. The number of rotatable bonds is 6. The fourth-order valence-electron chi connectivity index (χ4n) is 12.9. The molecule has 2 saturated heterocycles. The molecule has 13 nitrogen and oxygen atoms in total. The lowest BCUT2D eigenvalue weighted by atomic mass is 9.34. The number of carbonyl (C=O) groups is 1. The van der Waals surface area contributed by atoms with Crippen LogP contribution in [0.4, 0.5) is 0 Å². The molecule has 54 heavy (non-hydrogen) atoms. The van der Waals surface area contributed by atoms with Gasteiger partial charge in [-0.25, -0.2) is 0 Å². The zero-order valence-electron chi connectivity index (χ0n) is 32.7. The van der Waals surface area contributed by atoms with Crippen molar-refractivity contribution in [3.8, 4) is 0 Å². The predicted octanol–water partition coefficient (Wildman–Crippen LogP) is 1.85. The molecule has 0 amide bonds. The van der Waals surface area contributed by atoms with E-state index in [-0.39, 0.29) is 47.2 Å². The molecule has 0 unspecified atom stereocenters. The monoisotopic (exact) mass is 764 g/mol. The molecule has 0 spiro atoms. The first kappa shape index (κ1) is 40.7. The lowest BCUT2D eigenvalue weighted by Crippen LogP contribution is -2.66. The summed E-state index contributed by atoms with van der Waals surface area (Å²) >= 11 is 0. The van der Waals surface area contributed by atoms with E-state index in [9.17, 15) is 45.6 Å². The molecule has 5 aliphatic carbocycles. The Morgan fingerprint density at radius 1 is 0.833 bits per heavy atom. The number of esters is 1. The van der Waals surface area contributed by atoms with E-state index in [0.717, 1.165) is 49.7 Å². The molecule has 0 aromatic heterocycles. The third kappa shape index (κ3) is 5.69. The Morgan fingerprint density at radius 3 is 2.22 bits per heavy atom. The molecule has 306 valence electrons. The fraction of sp³-hybridized carbons (Fsp3) is 0.878. The van der Waals surface area contributed by atoms with Gasteiger partial charge in [-0.15, -0.1) is 0 Å². The van der Waals surface area contributed by atoms with E-state index in [1.807, 2.05) is 0 Å². The van der Waals surface area contributed by atoms with Crippen LogP contribution in [0.15, 0.2) is 22.8 Å². The summed E-state index contributed by atoms with van der Waals surface area (Å²) in [6, 6.07) is 0. The van der Waals surface area contributed by atoms with Crippen LogP contribution in [-0.4, -0.2) is 128 Å². The molecule has 0 aromatic carbocycles. The first-order chi connectivity index (χ1) is 25.3. The van der Waals surface area contributed by atoms with Gasteiger partial charge in [-0.05, 0) is 110 Å².